The van der Waals surface area contributed by atoms with Gasteiger partial charge in [0.2, 0.25) is 0 Å². The molecule has 1 N–H and O–H groups in total. The summed E-state index contributed by atoms with van der Waals surface area (Å²) in [4.78, 5) is 0. The van der Waals surface area contributed by atoms with Gasteiger partial charge in [-0.3, -0.25) is 0 Å². The number of hydrogen-bond acceptors (Lipinski definition) is 6. The second-order valence-corrected chi connectivity index (χ2v) is 8.56. The molecule has 2 atom stereocenters. The molecule has 0 aromatic heterocycles. The number of rotatable bonds is 8. The average molecular weight is 475 g/mol. The summed E-state index contributed by atoms with van der Waals surface area (Å²) in [7, 11) is -4.46. The number of para-hydroxylation sites is 1. The first-order chi connectivity index (χ1) is 15.0. The minimum atomic E-state index is -5.83. The fourth-order valence-electron chi connectivity index (χ4n) is 3.11. The van der Waals surface area contributed by atoms with Gasteiger partial charge in [-0.15, -0.1) is 0 Å². The molecule has 6 nitrogen and oxygen atoms in total. The second kappa shape index (κ2) is 9.37. The van der Waals surface area contributed by atoms with Gasteiger partial charge in [0, 0.05) is 18.5 Å². The third-order valence-electron chi connectivity index (χ3n) is 4.81. The highest BCUT2D eigenvalue weighted by Crippen LogP contribution is 2.37. The highest BCUT2D eigenvalue weighted by Gasteiger charge is 2.49. The zero-order valence-corrected chi connectivity index (χ0v) is 18.0. The highest BCUT2D eigenvalue weighted by molar-refractivity contribution is 7.87. The van der Waals surface area contributed by atoms with Crippen molar-refractivity contribution in [2.45, 2.75) is 31.0 Å². The molecule has 0 aliphatic carbocycles. The number of alkyl halides is 3. The molecule has 11 heteroatoms. The van der Waals surface area contributed by atoms with Gasteiger partial charge in [0.05, 0.1) is 12.7 Å². The van der Waals surface area contributed by atoms with Crippen LogP contribution in [0.15, 0.2) is 48.5 Å². The van der Waals surface area contributed by atoms with E-state index in [0.29, 0.717) is 13.0 Å². The molecule has 1 heterocycles. The zero-order valence-electron chi connectivity index (χ0n) is 17.1. The summed E-state index contributed by atoms with van der Waals surface area (Å²) in [6.07, 6.45) is 0.778. The lowest BCUT2D eigenvalue weighted by molar-refractivity contribution is -0.0510. The summed E-state index contributed by atoms with van der Waals surface area (Å²) >= 11 is 0. The number of fused-ring (bicyclic) bond motifs is 1. The van der Waals surface area contributed by atoms with Crippen LogP contribution in [0.1, 0.15) is 30.5 Å². The number of halogens is 4. The average Bonchev–Trinajstić information content (AvgIpc) is 2.73. The van der Waals surface area contributed by atoms with Gasteiger partial charge in [-0.1, -0.05) is 18.2 Å². The second-order valence-electron chi connectivity index (χ2n) is 7.03. The molecule has 0 fully saturated rings. The molecule has 0 saturated carbocycles. The zero-order chi connectivity index (χ0) is 23.5. The number of nitrogens with one attached hydrogen (secondary N) is 1. The molecule has 0 radical (unpaired) electrons. The van der Waals surface area contributed by atoms with E-state index >= 15 is 0 Å². The molecule has 2 aromatic carbocycles. The first-order valence-electron chi connectivity index (χ1n) is 9.57. The minimum Gasteiger partial charge on any atom is -0.494 e. The molecule has 0 saturated heterocycles. The van der Waals surface area contributed by atoms with Gasteiger partial charge >= 0.3 is 15.6 Å². The lowest BCUT2D eigenvalue weighted by Gasteiger charge is -2.26. The van der Waals surface area contributed by atoms with E-state index in [2.05, 4.69) is 9.50 Å². The third-order valence-corrected chi connectivity index (χ3v) is 5.77. The van der Waals surface area contributed by atoms with E-state index in [4.69, 9.17) is 9.47 Å². The maximum absolute atomic E-state index is 13.6. The Morgan fingerprint density at radius 2 is 1.91 bits per heavy atom. The van der Waals surface area contributed by atoms with Crippen LogP contribution in [-0.4, -0.2) is 33.7 Å². The Morgan fingerprint density at radius 1 is 1.19 bits per heavy atom. The van der Waals surface area contributed by atoms with E-state index in [0.717, 1.165) is 5.56 Å². The summed E-state index contributed by atoms with van der Waals surface area (Å²) in [5.74, 6) is -0.600. The molecule has 0 amide bonds. The molecule has 32 heavy (non-hydrogen) atoms. The van der Waals surface area contributed by atoms with Crippen LogP contribution in [-0.2, 0) is 14.3 Å². The van der Waals surface area contributed by atoms with E-state index in [1.165, 1.54) is 37.5 Å². The first kappa shape index (κ1) is 23.9. The smallest absolute Gasteiger partial charge is 0.494 e. The molecule has 3 rings (SSSR count). The summed E-state index contributed by atoms with van der Waals surface area (Å²) < 4.78 is 90.0. The van der Waals surface area contributed by atoms with E-state index in [1.54, 1.807) is 18.2 Å². The lowest BCUT2D eigenvalue weighted by atomic mass is 10.1. The van der Waals surface area contributed by atoms with Crippen molar-refractivity contribution in [3.8, 4) is 11.5 Å². The topological polar surface area (TPSA) is 73.9 Å². The summed E-state index contributed by atoms with van der Waals surface area (Å²) in [5, 5.41) is 3.20. The van der Waals surface area contributed by atoms with Crippen molar-refractivity contribution in [1.82, 2.24) is 5.32 Å². The fourth-order valence-corrected chi connectivity index (χ4v) is 3.59. The molecule has 1 aliphatic rings. The minimum absolute atomic E-state index is 0.108. The van der Waals surface area contributed by atoms with Crippen LogP contribution in [0.3, 0.4) is 0 Å². The van der Waals surface area contributed by atoms with Gasteiger partial charge in [-0.05, 0) is 43.3 Å². The molecular formula is C21H21F4NO5S. The Hall–Kier alpha value is -2.79. The molecule has 2 aromatic rings. The quantitative estimate of drug-likeness (QED) is 0.343. The summed E-state index contributed by atoms with van der Waals surface area (Å²) in [5.41, 5.74) is -4.67. The summed E-state index contributed by atoms with van der Waals surface area (Å²) in [6.45, 7) is 2.22. The van der Waals surface area contributed by atoms with Gasteiger partial charge in [-0.2, -0.15) is 21.6 Å². The normalized spacial score (nSPS) is 17.1. The third kappa shape index (κ3) is 5.33. The monoisotopic (exact) mass is 475 g/mol. The van der Waals surface area contributed by atoms with Gasteiger partial charge in [0.15, 0.2) is 17.3 Å². The summed E-state index contributed by atoms with van der Waals surface area (Å²) in [6, 6.07) is 10.3. The standard InChI is InChI=1S/C21H21F4NO5S/c1-13(14-7-8-17(22)20(11-14)29-2)26-10-9-15-12-19(31-32(27,28)21(23,24)25)16-5-3-4-6-18(16)30-15/h3-8,11-13,15,26H,9-10H2,1-2H3/t13?,15-/m1/s1. The molecule has 1 aliphatic heterocycles. The Morgan fingerprint density at radius 3 is 2.59 bits per heavy atom. The van der Waals surface area contributed by atoms with Crippen molar-refractivity contribution >= 4 is 15.9 Å². The lowest BCUT2D eigenvalue weighted by Crippen LogP contribution is -2.29. The Kier molecular flexibility index (Phi) is 6.99. The Labute approximate surface area is 182 Å². The van der Waals surface area contributed by atoms with Crippen molar-refractivity contribution in [2.24, 2.45) is 0 Å². The van der Waals surface area contributed by atoms with E-state index < -0.39 is 33.3 Å². The van der Waals surface area contributed by atoms with Gasteiger partial charge in [0.25, 0.3) is 0 Å². The molecular weight excluding hydrogens is 454 g/mol. The SMILES string of the molecule is COc1cc(C(C)NCC[C@@H]2C=C(OS(=O)(=O)C(F)(F)F)c3ccccc3O2)ccc1F. The van der Waals surface area contributed by atoms with E-state index in [9.17, 15) is 26.0 Å². The number of hydrogen-bond donors (Lipinski definition) is 1. The Balaban J connectivity index is 1.70. The van der Waals surface area contributed by atoms with Crippen LogP contribution in [0.4, 0.5) is 17.6 Å². The molecule has 1 unspecified atom stereocenters. The van der Waals surface area contributed by atoms with Crippen LogP contribution in [0.5, 0.6) is 11.5 Å². The molecule has 174 valence electrons. The van der Waals surface area contributed by atoms with Crippen molar-refractivity contribution in [3.63, 3.8) is 0 Å². The van der Waals surface area contributed by atoms with Crippen molar-refractivity contribution < 1.29 is 39.6 Å². The number of ether oxygens (including phenoxy) is 2. The van der Waals surface area contributed by atoms with Crippen molar-refractivity contribution in [3.05, 3.63) is 65.5 Å². The first-order valence-corrected chi connectivity index (χ1v) is 11.0. The van der Waals surface area contributed by atoms with Gasteiger partial charge in [-0.25, -0.2) is 4.39 Å². The molecule has 0 bridgehead atoms. The van der Waals surface area contributed by atoms with Crippen LogP contribution >= 0.6 is 0 Å². The molecule has 0 spiro atoms. The van der Waals surface area contributed by atoms with Crippen molar-refractivity contribution in [1.29, 1.82) is 0 Å². The van der Waals surface area contributed by atoms with E-state index in [1.807, 2.05) is 6.92 Å². The predicted molar refractivity (Wildman–Crippen MR) is 109 cm³/mol. The fraction of sp³-hybridized carbons (Fsp3) is 0.333. The predicted octanol–water partition coefficient (Wildman–Crippen LogP) is 4.54. The number of benzene rings is 2. The van der Waals surface area contributed by atoms with Crippen LogP contribution < -0.4 is 14.8 Å². The van der Waals surface area contributed by atoms with Crippen LogP contribution in [0, 0.1) is 5.82 Å². The Bertz CT molecular complexity index is 1100. The maximum atomic E-state index is 13.6. The van der Waals surface area contributed by atoms with Crippen molar-refractivity contribution in [2.75, 3.05) is 13.7 Å². The highest BCUT2D eigenvalue weighted by atomic mass is 32.2. The van der Waals surface area contributed by atoms with Crippen LogP contribution in [0.25, 0.3) is 5.76 Å². The maximum Gasteiger partial charge on any atom is 0.534 e. The van der Waals surface area contributed by atoms with E-state index in [-0.39, 0.29) is 23.1 Å². The van der Waals surface area contributed by atoms with Crippen LogP contribution in [0.2, 0.25) is 0 Å². The van der Waals surface area contributed by atoms with Gasteiger partial charge < -0.3 is 19.0 Å². The van der Waals surface area contributed by atoms with Gasteiger partial charge in [0.1, 0.15) is 11.9 Å². The number of methoxy groups -OCH3 is 1. The largest absolute Gasteiger partial charge is 0.534 e.